The van der Waals surface area contributed by atoms with Gasteiger partial charge >= 0.3 is 0 Å². The number of morpholine rings is 2. The number of hydrogen-bond donors (Lipinski definition) is 4. The fourth-order valence-electron chi connectivity index (χ4n) is 5.50. The zero-order valence-corrected chi connectivity index (χ0v) is 25.2. The molecule has 4 N–H and O–H groups in total. The fraction of sp³-hybridized carbons (Fsp3) is 0.412. The minimum absolute atomic E-state index is 0.0985. The van der Waals surface area contributed by atoms with E-state index in [0.717, 1.165) is 74.9 Å². The van der Waals surface area contributed by atoms with Gasteiger partial charge in [-0.05, 0) is 67.1 Å². The van der Waals surface area contributed by atoms with E-state index in [-0.39, 0.29) is 23.9 Å². The topological polar surface area (TPSA) is 118 Å². The van der Waals surface area contributed by atoms with E-state index < -0.39 is 0 Å². The van der Waals surface area contributed by atoms with E-state index in [4.69, 9.17) is 9.47 Å². The molecule has 4 heterocycles. The van der Waals surface area contributed by atoms with E-state index in [0.29, 0.717) is 23.5 Å². The predicted octanol–water partition coefficient (Wildman–Crippen LogP) is 5.66. The summed E-state index contributed by atoms with van der Waals surface area (Å²) in [6, 6.07) is 18.3. The number of benzene rings is 2. The summed E-state index contributed by atoms with van der Waals surface area (Å²) in [6.07, 6.45) is 7.85. The number of hydrogen-bond acceptors (Lipinski definition) is 10. The number of rotatable bonds is 8. The van der Waals surface area contributed by atoms with Gasteiger partial charge in [-0.3, -0.25) is 0 Å². The van der Waals surface area contributed by atoms with Crippen molar-refractivity contribution in [3.05, 3.63) is 95.3 Å². The zero-order valence-electron chi connectivity index (χ0n) is 25.2. The molecule has 0 amide bonds. The smallest absolute Gasteiger partial charge is 0.227 e. The van der Waals surface area contributed by atoms with Crippen molar-refractivity contribution in [1.29, 1.82) is 0 Å². The molecular formula is C34H39FN8O2. The van der Waals surface area contributed by atoms with Crippen molar-refractivity contribution in [1.82, 2.24) is 30.6 Å². The first-order valence-corrected chi connectivity index (χ1v) is 15.9. The molecule has 2 atom stereocenters. The summed E-state index contributed by atoms with van der Waals surface area (Å²) in [5.41, 5.74) is 5.90. The number of ether oxygens (including phenoxy) is 2. The second-order valence-electron chi connectivity index (χ2n) is 11.9. The highest BCUT2D eigenvalue weighted by Gasteiger charge is 2.29. The van der Waals surface area contributed by atoms with Crippen LogP contribution >= 0.6 is 0 Å². The summed E-state index contributed by atoms with van der Waals surface area (Å²) in [5, 5.41) is 13.1. The zero-order chi connectivity index (χ0) is 30.4. The quantitative estimate of drug-likeness (QED) is 0.199. The van der Waals surface area contributed by atoms with Crippen molar-refractivity contribution >= 4 is 23.3 Å². The lowest BCUT2D eigenvalue weighted by molar-refractivity contribution is 0.0276. The number of aromatic nitrogens is 4. The summed E-state index contributed by atoms with van der Waals surface area (Å²) in [7, 11) is 0. The highest BCUT2D eigenvalue weighted by Crippen LogP contribution is 2.40. The number of nitrogens with zero attached hydrogens (tertiary/aromatic N) is 4. The third-order valence-corrected chi connectivity index (χ3v) is 8.34. The molecule has 0 bridgehead atoms. The van der Waals surface area contributed by atoms with Crippen LogP contribution in [0.3, 0.4) is 0 Å². The Morgan fingerprint density at radius 1 is 0.667 bits per heavy atom. The third-order valence-electron chi connectivity index (χ3n) is 8.34. The minimum atomic E-state index is -0.310. The number of halogens is 1. The molecule has 2 saturated heterocycles. The Bertz CT molecular complexity index is 1550. The van der Waals surface area contributed by atoms with Gasteiger partial charge in [-0.2, -0.15) is 0 Å². The van der Waals surface area contributed by atoms with E-state index in [9.17, 15) is 4.39 Å². The first kappa shape index (κ1) is 29.7. The monoisotopic (exact) mass is 610 g/mol. The van der Waals surface area contributed by atoms with Crippen molar-refractivity contribution < 1.29 is 13.9 Å². The summed E-state index contributed by atoms with van der Waals surface area (Å²) >= 11 is 0. The van der Waals surface area contributed by atoms with E-state index in [1.54, 1.807) is 0 Å². The summed E-state index contributed by atoms with van der Waals surface area (Å²) in [6.45, 7) is 5.05. The molecular weight excluding hydrogens is 571 g/mol. The van der Waals surface area contributed by atoms with Crippen molar-refractivity contribution in [3.8, 4) is 0 Å². The fourth-order valence-corrected chi connectivity index (χ4v) is 5.50. The van der Waals surface area contributed by atoms with E-state index in [1.807, 2.05) is 36.5 Å². The Balaban J connectivity index is 0.000000145. The Kier molecular flexibility index (Phi) is 9.20. The highest BCUT2D eigenvalue weighted by atomic mass is 19.1. The molecule has 4 aromatic rings. The maximum Gasteiger partial charge on any atom is 0.227 e. The van der Waals surface area contributed by atoms with E-state index in [1.165, 1.54) is 24.6 Å². The highest BCUT2D eigenvalue weighted by molar-refractivity contribution is 5.55. The lowest BCUT2D eigenvalue weighted by Crippen LogP contribution is -2.33. The maximum absolute atomic E-state index is 13.7. The van der Waals surface area contributed by atoms with Gasteiger partial charge in [0, 0.05) is 61.3 Å². The molecule has 2 aromatic carbocycles. The second kappa shape index (κ2) is 13.9. The molecule has 45 heavy (non-hydrogen) atoms. The van der Waals surface area contributed by atoms with Crippen molar-refractivity contribution in [2.75, 3.05) is 50.0 Å². The van der Waals surface area contributed by atoms with Crippen LogP contribution in [0.15, 0.2) is 67.0 Å². The van der Waals surface area contributed by atoms with Crippen LogP contribution < -0.4 is 21.3 Å². The van der Waals surface area contributed by atoms with Gasteiger partial charge in [0.1, 0.15) is 0 Å². The molecule has 0 unspecified atom stereocenters. The number of nitrogens with one attached hydrogen (secondary N) is 4. The second-order valence-corrected chi connectivity index (χ2v) is 11.9. The van der Waals surface area contributed by atoms with E-state index in [2.05, 4.69) is 65.5 Å². The lowest BCUT2D eigenvalue weighted by Gasteiger charge is -2.24. The molecule has 8 rings (SSSR count). The Morgan fingerprint density at radius 2 is 1.22 bits per heavy atom. The molecule has 4 fully saturated rings. The third kappa shape index (κ3) is 7.98. The molecule has 11 heteroatoms. The van der Waals surface area contributed by atoms with Crippen molar-refractivity contribution in [2.24, 2.45) is 0 Å². The van der Waals surface area contributed by atoms with Crippen LogP contribution in [-0.2, 0) is 9.47 Å². The summed E-state index contributed by atoms with van der Waals surface area (Å²) in [4.78, 5) is 17.2. The maximum atomic E-state index is 13.7. The number of anilines is 4. The standard InChI is InChI=1S/C17H19FN4O.C17H20N4O/c18-14-9-20-17(22-16(14)12-1-2-12)21-13-5-3-11(4-6-13)15-10-19-7-8-23-15;1-2-12(1)15-7-8-19-17(21-15)20-14-5-3-13(4-6-14)16-11-18-9-10-22-16/h3-6,9,12,15,19H,1-2,7-8,10H2,(H,20,21,22);3-8,12,16,18H,1-2,9-11H2,(H,19,20,21)/t15-;16-/m00/s1. The van der Waals surface area contributed by atoms with Crippen molar-refractivity contribution in [3.63, 3.8) is 0 Å². The average Bonchev–Trinajstić information content (AvgIpc) is 4.02. The van der Waals surface area contributed by atoms with Crippen LogP contribution in [0.4, 0.5) is 27.7 Å². The van der Waals surface area contributed by atoms with Gasteiger partial charge in [0.2, 0.25) is 11.9 Å². The molecule has 2 aliphatic heterocycles. The van der Waals surface area contributed by atoms with Gasteiger partial charge in [-0.15, -0.1) is 0 Å². The first-order valence-electron chi connectivity index (χ1n) is 15.9. The Labute approximate surface area is 262 Å². The summed E-state index contributed by atoms with van der Waals surface area (Å²) < 4.78 is 25.2. The lowest BCUT2D eigenvalue weighted by atomic mass is 10.1. The Morgan fingerprint density at radius 3 is 1.73 bits per heavy atom. The van der Waals surface area contributed by atoms with Crippen LogP contribution in [0.5, 0.6) is 0 Å². The van der Waals surface area contributed by atoms with Crippen LogP contribution in [0.2, 0.25) is 0 Å². The van der Waals surface area contributed by atoms with Crippen LogP contribution in [0.1, 0.15) is 72.2 Å². The van der Waals surface area contributed by atoms with Gasteiger partial charge in [0.05, 0.1) is 37.3 Å². The molecule has 0 radical (unpaired) electrons. The van der Waals surface area contributed by atoms with Crippen LogP contribution in [0, 0.1) is 5.82 Å². The van der Waals surface area contributed by atoms with Gasteiger partial charge in [-0.25, -0.2) is 24.3 Å². The predicted molar refractivity (Wildman–Crippen MR) is 171 cm³/mol. The van der Waals surface area contributed by atoms with Gasteiger partial charge < -0.3 is 30.7 Å². The van der Waals surface area contributed by atoms with Crippen LogP contribution in [0.25, 0.3) is 0 Å². The molecule has 0 spiro atoms. The normalized spacial score (nSPS) is 21.4. The largest absolute Gasteiger partial charge is 0.371 e. The molecule has 2 aromatic heterocycles. The molecule has 10 nitrogen and oxygen atoms in total. The van der Waals surface area contributed by atoms with Crippen LogP contribution in [-0.4, -0.2) is 59.3 Å². The van der Waals surface area contributed by atoms with Crippen molar-refractivity contribution in [2.45, 2.75) is 49.7 Å². The Hall–Kier alpha value is -4.03. The first-order chi connectivity index (χ1) is 22.2. The van der Waals surface area contributed by atoms with Gasteiger partial charge in [0.15, 0.2) is 5.82 Å². The molecule has 4 aliphatic rings. The molecule has 234 valence electrons. The summed E-state index contributed by atoms with van der Waals surface area (Å²) in [5.74, 6) is 1.71. The van der Waals surface area contributed by atoms with Gasteiger partial charge in [0.25, 0.3) is 0 Å². The van der Waals surface area contributed by atoms with E-state index >= 15 is 0 Å². The average molecular weight is 611 g/mol. The molecule has 2 aliphatic carbocycles. The molecule has 2 saturated carbocycles. The van der Waals surface area contributed by atoms with Gasteiger partial charge in [-0.1, -0.05) is 24.3 Å². The SMILES string of the molecule is Fc1cnc(Nc2ccc([C@@H]3CNCCO3)cc2)nc1C1CC1.c1cc(C2CC2)nc(Nc2ccc([C@@H]3CNCCO3)cc2)n1. The minimum Gasteiger partial charge on any atom is -0.371 e.